The van der Waals surface area contributed by atoms with Crippen LogP contribution in [0.3, 0.4) is 0 Å². The third kappa shape index (κ3) is 6.42. The average molecular weight is 489 g/mol. The van der Waals surface area contributed by atoms with Crippen LogP contribution in [-0.2, 0) is 14.6 Å². The van der Waals surface area contributed by atoms with Crippen molar-refractivity contribution in [1.82, 2.24) is 5.01 Å². The van der Waals surface area contributed by atoms with Crippen molar-refractivity contribution in [3.8, 4) is 5.75 Å². The van der Waals surface area contributed by atoms with Gasteiger partial charge in [0.2, 0.25) is 10.4 Å². The van der Waals surface area contributed by atoms with Gasteiger partial charge in [-0.05, 0) is 42.0 Å². The predicted octanol–water partition coefficient (Wildman–Crippen LogP) is 3.30. The molecule has 0 fully saturated rings. The summed E-state index contributed by atoms with van der Waals surface area (Å²) in [5.74, 6) is 1.72. The first-order chi connectivity index (χ1) is 15.7. The molecule has 7 nitrogen and oxygen atoms in total. The summed E-state index contributed by atoms with van der Waals surface area (Å²) in [6, 6.07) is 28.4. The normalized spacial score (nSPS) is 18.6. The van der Waals surface area contributed by atoms with E-state index in [1.807, 2.05) is 36.4 Å². The molecule has 1 aliphatic heterocycles. The maximum absolute atomic E-state index is 9.22. The van der Waals surface area contributed by atoms with E-state index in [0.717, 1.165) is 29.9 Å². The van der Waals surface area contributed by atoms with Crippen LogP contribution in [0, 0.1) is 0 Å². The minimum atomic E-state index is -4.41. The predicted molar refractivity (Wildman–Crippen MR) is 126 cm³/mol. The fraction of sp³-hybridized carbons (Fsp3) is 0.167. The Morgan fingerprint density at radius 3 is 1.97 bits per heavy atom. The first kappa shape index (κ1) is 24.9. The first-order valence-electron chi connectivity index (χ1n) is 10.1. The molecule has 1 aliphatic rings. The van der Waals surface area contributed by atoms with Crippen molar-refractivity contribution in [3.05, 3.63) is 107 Å². The van der Waals surface area contributed by atoms with Crippen molar-refractivity contribution >= 4 is 27.7 Å². The number of nitrogens with zero attached hydrogens (tertiary/aromatic N) is 1. The van der Waals surface area contributed by atoms with Gasteiger partial charge in [0.15, 0.2) is 11.5 Å². The van der Waals surface area contributed by atoms with E-state index in [1.54, 1.807) is 0 Å². The number of benzene rings is 3. The summed E-state index contributed by atoms with van der Waals surface area (Å²) in [6.45, 7) is 0. The number of halogens is 1. The molecule has 2 atom stereocenters. The Balaban J connectivity index is 0.000000454. The molecule has 4 rings (SSSR count). The molecule has 0 amide bonds. The minimum absolute atomic E-state index is 0.0251. The van der Waals surface area contributed by atoms with Gasteiger partial charge in [-0.15, -0.1) is 5.01 Å². The summed E-state index contributed by atoms with van der Waals surface area (Å²) in [5.41, 5.74) is 3.50. The lowest BCUT2D eigenvalue weighted by Crippen LogP contribution is -3.11. The van der Waals surface area contributed by atoms with Crippen LogP contribution in [0.1, 0.15) is 17.2 Å². The maximum Gasteiger partial charge on any atom is 0.217 e. The van der Waals surface area contributed by atoms with Crippen LogP contribution in [0.15, 0.2) is 90.7 Å². The van der Waals surface area contributed by atoms with Crippen molar-refractivity contribution in [2.24, 2.45) is 0 Å². The summed E-state index contributed by atoms with van der Waals surface area (Å²) in [4.78, 5) is 0. The minimum Gasteiger partial charge on any atom is -0.726 e. The van der Waals surface area contributed by atoms with E-state index in [4.69, 9.17) is 16.3 Å². The number of hydrogen-bond donors (Lipinski definition) is 1. The summed E-state index contributed by atoms with van der Waals surface area (Å²) in [5, 5.41) is 4.17. The number of hydrogen-bond acceptors (Lipinski definition) is 6. The Bertz CT molecular complexity index is 1190. The molecule has 3 aromatic carbocycles. The van der Waals surface area contributed by atoms with Gasteiger partial charge in [-0.3, -0.25) is 4.18 Å². The third-order valence-electron chi connectivity index (χ3n) is 5.20. The number of rotatable bonds is 5. The molecule has 0 aromatic heterocycles. The SMILES string of the molecule is CN1C(c2ccccc2)C(Oc2ccc(Cl)cc2)=C(c2ccccc2)[NH+]1C.COS(=O)(=O)[O-]. The van der Waals surface area contributed by atoms with Gasteiger partial charge in [0.05, 0.1) is 14.2 Å². The van der Waals surface area contributed by atoms with Crippen LogP contribution in [0.25, 0.3) is 5.70 Å². The highest BCUT2D eigenvalue weighted by Crippen LogP contribution is 2.35. The molecule has 9 heteroatoms. The van der Waals surface area contributed by atoms with Crippen molar-refractivity contribution in [2.75, 3.05) is 21.2 Å². The van der Waals surface area contributed by atoms with E-state index < -0.39 is 10.4 Å². The van der Waals surface area contributed by atoms with Gasteiger partial charge in [0.1, 0.15) is 11.8 Å². The molecule has 0 saturated heterocycles. The second-order valence-electron chi connectivity index (χ2n) is 7.25. The van der Waals surface area contributed by atoms with Crippen LogP contribution in [-0.4, -0.2) is 39.2 Å². The van der Waals surface area contributed by atoms with Crippen molar-refractivity contribution in [3.63, 3.8) is 0 Å². The molecule has 0 saturated carbocycles. The molecular weight excluding hydrogens is 464 g/mol. The molecule has 0 radical (unpaired) electrons. The second-order valence-corrected chi connectivity index (χ2v) is 8.83. The molecule has 2 unspecified atom stereocenters. The van der Waals surface area contributed by atoms with Gasteiger partial charge in [-0.25, -0.2) is 13.4 Å². The van der Waals surface area contributed by atoms with Crippen LogP contribution < -0.4 is 9.75 Å². The Morgan fingerprint density at radius 1 is 0.939 bits per heavy atom. The first-order valence-corrected chi connectivity index (χ1v) is 11.8. The van der Waals surface area contributed by atoms with Gasteiger partial charge in [-0.1, -0.05) is 60.1 Å². The molecule has 174 valence electrons. The lowest BCUT2D eigenvalue weighted by molar-refractivity contribution is -0.928. The lowest BCUT2D eigenvalue weighted by Gasteiger charge is -2.23. The Morgan fingerprint density at radius 2 is 1.45 bits per heavy atom. The largest absolute Gasteiger partial charge is 0.726 e. The van der Waals surface area contributed by atoms with E-state index in [1.165, 1.54) is 10.6 Å². The number of likely N-dealkylation sites (N-methyl/N-ethyl adjacent to an activating group) is 1. The summed E-state index contributed by atoms with van der Waals surface area (Å²) < 4.78 is 37.5. The van der Waals surface area contributed by atoms with Gasteiger partial charge in [0, 0.05) is 17.6 Å². The van der Waals surface area contributed by atoms with E-state index in [0.29, 0.717) is 5.02 Å². The zero-order valence-corrected chi connectivity index (χ0v) is 20.0. The molecule has 1 heterocycles. The van der Waals surface area contributed by atoms with E-state index in [2.05, 4.69) is 71.8 Å². The van der Waals surface area contributed by atoms with Crippen LogP contribution in [0.5, 0.6) is 5.75 Å². The highest BCUT2D eigenvalue weighted by atomic mass is 35.5. The fourth-order valence-electron chi connectivity index (χ4n) is 3.56. The van der Waals surface area contributed by atoms with Gasteiger partial charge in [-0.2, -0.15) is 0 Å². The summed E-state index contributed by atoms with van der Waals surface area (Å²) >= 11 is 6.04. The van der Waals surface area contributed by atoms with E-state index in [9.17, 15) is 13.0 Å². The molecule has 0 aliphatic carbocycles. The number of ether oxygens (including phenoxy) is 1. The Labute approximate surface area is 199 Å². The molecule has 33 heavy (non-hydrogen) atoms. The third-order valence-corrected chi connectivity index (χ3v) is 5.86. The van der Waals surface area contributed by atoms with Crippen LogP contribution in [0.2, 0.25) is 5.02 Å². The summed E-state index contributed by atoms with van der Waals surface area (Å²) in [6.07, 6.45) is 0. The Hall–Kier alpha value is -2.72. The zero-order chi connectivity index (χ0) is 24.0. The van der Waals surface area contributed by atoms with Crippen LogP contribution in [0.4, 0.5) is 0 Å². The van der Waals surface area contributed by atoms with Crippen molar-refractivity contribution < 1.29 is 26.9 Å². The topological polar surface area (TPSA) is 83.3 Å². The standard InChI is InChI=1S/C23H21ClN2O.CH4O4S/c1-25-21(17-9-5-3-6-10-17)23(27-20-15-13-19(24)14-16-20)22(26(25)2)18-11-7-4-8-12-18;1-5-6(2,3)4/h3-16,21H,1-2H3;1H3,(H,2,3,4). The molecule has 0 spiro atoms. The van der Waals surface area contributed by atoms with Crippen molar-refractivity contribution in [1.29, 1.82) is 0 Å². The number of quaternary nitrogens is 1. The van der Waals surface area contributed by atoms with E-state index >= 15 is 0 Å². The monoisotopic (exact) mass is 488 g/mol. The Kier molecular flexibility index (Phi) is 8.25. The molecule has 3 aromatic rings. The number of nitrogens with one attached hydrogen (secondary N) is 1. The van der Waals surface area contributed by atoms with Gasteiger partial charge >= 0.3 is 0 Å². The highest BCUT2D eigenvalue weighted by Gasteiger charge is 2.43. The van der Waals surface area contributed by atoms with Gasteiger partial charge in [0.25, 0.3) is 0 Å². The molecule has 1 N–H and O–H groups in total. The molecular formula is C24H25ClN2O5S. The fourth-order valence-corrected chi connectivity index (χ4v) is 3.69. The highest BCUT2D eigenvalue weighted by molar-refractivity contribution is 7.80. The van der Waals surface area contributed by atoms with Crippen LogP contribution >= 0.6 is 11.6 Å². The second kappa shape index (κ2) is 10.9. The summed E-state index contributed by atoms with van der Waals surface area (Å²) in [7, 11) is 0.664. The average Bonchev–Trinajstić information content (AvgIpc) is 3.06. The quantitative estimate of drug-likeness (QED) is 0.438. The molecule has 0 bridgehead atoms. The lowest BCUT2D eigenvalue weighted by atomic mass is 10.0. The zero-order valence-electron chi connectivity index (χ0n) is 18.4. The van der Waals surface area contributed by atoms with Gasteiger partial charge < -0.3 is 9.29 Å². The van der Waals surface area contributed by atoms with Crippen molar-refractivity contribution in [2.45, 2.75) is 6.04 Å². The van der Waals surface area contributed by atoms with E-state index in [-0.39, 0.29) is 6.04 Å². The maximum atomic E-state index is 9.22. The smallest absolute Gasteiger partial charge is 0.217 e.